The molecule has 11 heteroatoms. The summed E-state index contributed by atoms with van der Waals surface area (Å²) in [5.74, 6) is -0.554. The predicted octanol–water partition coefficient (Wildman–Crippen LogP) is 4.08. The van der Waals surface area contributed by atoms with Gasteiger partial charge in [0.05, 0.1) is 17.5 Å². The molecule has 2 fully saturated rings. The van der Waals surface area contributed by atoms with Crippen molar-refractivity contribution >= 4 is 56.1 Å². The summed E-state index contributed by atoms with van der Waals surface area (Å²) in [4.78, 5) is 32.2. The third kappa shape index (κ3) is 6.60. The van der Waals surface area contributed by atoms with Gasteiger partial charge in [-0.2, -0.15) is 4.99 Å². The molecule has 2 heterocycles. The number of hydrogen-bond acceptors (Lipinski definition) is 6. The first-order valence-electron chi connectivity index (χ1n) is 11.5. The molecule has 4 rings (SSSR count). The van der Waals surface area contributed by atoms with Crippen molar-refractivity contribution in [2.24, 2.45) is 4.99 Å². The summed E-state index contributed by atoms with van der Waals surface area (Å²) in [5.41, 5.74) is 0.817. The van der Waals surface area contributed by atoms with Crippen molar-refractivity contribution in [1.82, 2.24) is 5.32 Å². The number of nitrogens with one attached hydrogen (secondary N) is 1. The van der Waals surface area contributed by atoms with Gasteiger partial charge < -0.3 is 15.0 Å². The Hall–Kier alpha value is -2.56. The molecule has 0 bridgehead atoms. The summed E-state index contributed by atoms with van der Waals surface area (Å²) in [6.07, 6.45) is -0.490. The van der Waals surface area contributed by atoms with Crippen LogP contribution in [0.1, 0.15) is 26.3 Å². The fourth-order valence-electron chi connectivity index (χ4n) is 4.14. The standard InChI is InChI=1S/C25H28ClN3O5S2/c1-25(2,3)34-24(31)27-19(13-16-7-5-4-6-8-16)22(30)28-23-29(18-11-9-17(26)10-12-18)20-14-36(32,33)15-21(20)35-23/h4-12,19-21H,13-15H2,1-3H3,(H,27,31). The van der Waals surface area contributed by atoms with Crippen LogP contribution in [0.5, 0.6) is 0 Å². The number of sulfone groups is 1. The van der Waals surface area contributed by atoms with Gasteiger partial charge in [-0.05, 0) is 50.6 Å². The zero-order valence-electron chi connectivity index (χ0n) is 20.2. The molecular weight excluding hydrogens is 522 g/mol. The number of carbonyl (C=O) groups excluding carboxylic acids is 2. The number of hydrogen-bond donors (Lipinski definition) is 1. The molecule has 1 N–H and O–H groups in total. The number of rotatable bonds is 5. The van der Waals surface area contributed by atoms with Crippen molar-refractivity contribution in [1.29, 1.82) is 0 Å². The van der Waals surface area contributed by atoms with Crippen molar-refractivity contribution in [2.45, 2.75) is 50.1 Å². The van der Waals surface area contributed by atoms with Crippen LogP contribution in [0.3, 0.4) is 0 Å². The third-order valence-corrected chi connectivity index (χ3v) is 9.11. The number of aliphatic imine (C=N–C) groups is 1. The molecule has 2 aromatic rings. The smallest absolute Gasteiger partial charge is 0.408 e. The fraction of sp³-hybridized carbons (Fsp3) is 0.400. The van der Waals surface area contributed by atoms with Crippen molar-refractivity contribution in [3.63, 3.8) is 0 Å². The molecule has 0 aromatic heterocycles. The first-order valence-corrected chi connectivity index (χ1v) is 14.6. The molecule has 3 atom stereocenters. The number of carbonyl (C=O) groups is 2. The van der Waals surface area contributed by atoms with Crippen LogP contribution in [-0.2, 0) is 25.8 Å². The highest BCUT2D eigenvalue weighted by Gasteiger charge is 2.49. The van der Waals surface area contributed by atoms with Gasteiger partial charge in [-0.3, -0.25) is 4.79 Å². The number of halogens is 1. The van der Waals surface area contributed by atoms with E-state index in [1.165, 1.54) is 11.8 Å². The van der Waals surface area contributed by atoms with Gasteiger partial charge in [0.1, 0.15) is 11.6 Å². The molecule has 0 saturated carbocycles. The Morgan fingerprint density at radius 2 is 1.81 bits per heavy atom. The topological polar surface area (TPSA) is 105 Å². The number of anilines is 1. The van der Waals surface area contributed by atoms with Crippen molar-refractivity contribution in [3.8, 4) is 0 Å². The minimum atomic E-state index is -3.20. The van der Waals surface area contributed by atoms with E-state index in [1.54, 1.807) is 49.9 Å². The number of benzene rings is 2. The Kier molecular flexibility index (Phi) is 7.68. The van der Waals surface area contributed by atoms with Gasteiger partial charge in [0, 0.05) is 22.4 Å². The number of amides is 2. The Balaban J connectivity index is 1.64. The first-order chi connectivity index (χ1) is 16.9. The highest BCUT2D eigenvalue weighted by atomic mass is 35.5. The molecule has 8 nitrogen and oxygen atoms in total. The molecule has 2 aliphatic rings. The second-order valence-electron chi connectivity index (χ2n) is 9.77. The molecular formula is C25H28ClN3O5S2. The van der Waals surface area contributed by atoms with E-state index in [0.717, 1.165) is 5.56 Å². The SMILES string of the molecule is CC(C)(C)OC(=O)NC(Cc1ccccc1)C(=O)N=C1SC2CS(=O)(=O)CC2N1c1ccc(Cl)cc1. The van der Waals surface area contributed by atoms with Gasteiger partial charge in [0.25, 0.3) is 5.91 Å². The maximum Gasteiger partial charge on any atom is 0.408 e. The Morgan fingerprint density at radius 3 is 2.44 bits per heavy atom. The van der Waals surface area contributed by atoms with Crippen LogP contribution in [0.25, 0.3) is 0 Å². The van der Waals surface area contributed by atoms with Crippen LogP contribution in [0, 0.1) is 0 Å². The number of fused-ring (bicyclic) bond motifs is 1. The minimum absolute atomic E-state index is 0.0171. The average molecular weight is 550 g/mol. The van der Waals surface area contributed by atoms with Crippen LogP contribution in [0.15, 0.2) is 59.6 Å². The van der Waals surface area contributed by atoms with E-state index < -0.39 is 33.5 Å². The molecule has 36 heavy (non-hydrogen) atoms. The molecule has 2 aliphatic heterocycles. The lowest BCUT2D eigenvalue weighted by Gasteiger charge is -2.25. The molecule has 3 unspecified atom stereocenters. The van der Waals surface area contributed by atoms with Crippen molar-refractivity contribution in [2.75, 3.05) is 16.4 Å². The van der Waals surface area contributed by atoms with Gasteiger partial charge >= 0.3 is 6.09 Å². The van der Waals surface area contributed by atoms with Gasteiger partial charge in [-0.15, -0.1) is 0 Å². The molecule has 2 amide bonds. The summed E-state index contributed by atoms with van der Waals surface area (Å²) in [6.45, 7) is 5.23. The number of alkyl carbamates (subject to hydrolysis) is 1. The molecule has 0 radical (unpaired) electrons. The molecule has 2 saturated heterocycles. The second kappa shape index (κ2) is 10.4. The lowest BCUT2D eigenvalue weighted by molar-refractivity contribution is -0.119. The van der Waals surface area contributed by atoms with E-state index in [0.29, 0.717) is 15.9 Å². The fourth-order valence-corrected chi connectivity index (χ4v) is 8.19. The van der Waals surface area contributed by atoms with Gasteiger partial charge in [-0.1, -0.05) is 53.7 Å². The predicted molar refractivity (Wildman–Crippen MR) is 143 cm³/mol. The summed E-state index contributed by atoms with van der Waals surface area (Å²) >= 11 is 7.32. The van der Waals surface area contributed by atoms with Crippen LogP contribution in [0.2, 0.25) is 5.02 Å². The zero-order valence-corrected chi connectivity index (χ0v) is 22.6. The monoisotopic (exact) mass is 549 g/mol. The summed E-state index contributed by atoms with van der Waals surface area (Å²) in [7, 11) is -3.20. The first kappa shape index (κ1) is 26.5. The van der Waals surface area contributed by atoms with Crippen molar-refractivity contribution in [3.05, 3.63) is 65.2 Å². The van der Waals surface area contributed by atoms with Gasteiger partial charge in [-0.25, -0.2) is 13.2 Å². The lowest BCUT2D eigenvalue weighted by Crippen LogP contribution is -2.45. The lowest BCUT2D eigenvalue weighted by atomic mass is 10.1. The highest BCUT2D eigenvalue weighted by Crippen LogP contribution is 2.41. The normalized spacial score (nSPS) is 22.8. The number of thioether (sulfide) groups is 1. The third-order valence-electron chi connectivity index (χ3n) is 5.65. The average Bonchev–Trinajstić information content (AvgIpc) is 3.24. The van der Waals surface area contributed by atoms with Gasteiger partial charge in [0.15, 0.2) is 15.0 Å². The molecule has 0 spiro atoms. The molecule has 2 aromatic carbocycles. The van der Waals surface area contributed by atoms with Gasteiger partial charge in [0.2, 0.25) is 0 Å². The quantitative estimate of drug-likeness (QED) is 0.599. The summed E-state index contributed by atoms with van der Waals surface area (Å²) in [6, 6.07) is 15.0. The highest BCUT2D eigenvalue weighted by molar-refractivity contribution is 8.16. The van der Waals surface area contributed by atoms with E-state index in [9.17, 15) is 18.0 Å². The number of ether oxygens (including phenoxy) is 1. The summed E-state index contributed by atoms with van der Waals surface area (Å²) < 4.78 is 30.0. The Labute approximate surface area is 220 Å². The van der Waals surface area contributed by atoms with Crippen LogP contribution < -0.4 is 10.2 Å². The van der Waals surface area contributed by atoms with E-state index >= 15 is 0 Å². The van der Waals surface area contributed by atoms with Crippen LogP contribution in [-0.4, -0.2) is 60.0 Å². The van der Waals surface area contributed by atoms with E-state index in [2.05, 4.69) is 10.3 Å². The number of nitrogens with zero attached hydrogens (tertiary/aromatic N) is 2. The molecule has 0 aliphatic carbocycles. The van der Waals surface area contributed by atoms with E-state index in [-0.39, 0.29) is 29.2 Å². The summed E-state index contributed by atoms with van der Waals surface area (Å²) in [5, 5.41) is 3.36. The second-order valence-corrected chi connectivity index (χ2v) is 13.6. The Morgan fingerprint density at radius 1 is 1.14 bits per heavy atom. The minimum Gasteiger partial charge on any atom is -0.444 e. The molecule has 192 valence electrons. The maximum atomic E-state index is 13.4. The maximum absolute atomic E-state index is 13.4. The van der Waals surface area contributed by atoms with E-state index in [4.69, 9.17) is 16.3 Å². The van der Waals surface area contributed by atoms with Crippen molar-refractivity contribution < 1.29 is 22.7 Å². The number of amidine groups is 1. The van der Waals surface area contributed by atoms with E-state index in [1.807, 2.05) is 30.3 Å². The van der Waals surface area contributed by atoms with Crippen LogP contribution >= 0.6 is 23.4 Å². The zero-order chi connectivity index (χ0) is 26.1. The Bertz CT molecular complexity index is 1260. The van der Waals surface area contributed by atoms with Crippen LogP contribution in [0.4, 0.5) is 10.5 Å². The largest absolute Gasteiger partial charge is 0.444 e.